The van der Waals surface area contributed by atoms with Gasteiger partial charge in [0, 0.05) is 11.3 Å². The number of halogens is 3. The summed E-state index contributed by atoms with van der Waals surface area (Å²) in [5.41, 5.74) is -1.79. The average Bonchev–Trinajstić information content (AvgIpc) is 2.26. The Hall–Kier alpha value is -1.77. The smallest absolute Gasteiger partial charge is 0.416 e. The van der Waals surface area contributed by atoms with Crippen molar-refractivity contribution in [2.45, 2.75) is 29.7 Å². The molecule has 0 radical (unpaired) electrons. The molecule has 1 atom stereocenters. The molecule has 0 heterocycles. The number of nitrogens with zero attached hydrogens (tertiary/aromatic N) is 1. The predicted molar refractivity (Wildman–Crippen MR) is 65.7 cm³/mol. The van der Waals surface area contributed by atoms with Crippen molar-refractivity contribution in [3.63, 3.8) is 0 Å². The van der Waals surface area contributed by atoms with Crippen molar-refractivity contribution in [2.24, 2.45) is 0 Å². The molecule has 0 saturated carbocycles. The number of hydrogen-bond donors (Lipinski definition) is 1. The summed E-state index contributed by atoms with van der Waals surface area (Å²) in [6.45, 7) is 1.53. The molecule has 110 valence electrons. The minimum atomic E-state index is -4.67. The Morgan fingerprint density at radius 1 is 1.50 bits per heavy atom. The van der Waals surface area contributed by atoms with E-state index in [9.17, 15) is 28.1 Å². The summed E-state index contributed by atoms with van der Waals surface area (Å²) in [6.07, 6.45) is -4.91. The van der Waals surface area contributed by atoms with Crippen LogP contribution in [0.3, 0.4) is 0 Å². The number of nitro groups is 1. The standard InChI is InChI=1S/C11H10F3NO4S/c1-6(4-10(16)17)20-9-3-2-7(11(12,13)14)5-8(9)15(18)19/h2-3,5-6H,4H2,1H3,(H,16,17). The van der Waals surface area contributed by atoms with E-state index in [1.165, 1.54) is 6.92 Å². The summed E-state index contributed by atoms with van der Waals surface area (Å²) in [5.74, 6) is -1.08. The Morgan fingerprint density at radius 2 is 2.10 bits per heavy atom. The fourth-order valence-corrected chi connectivity index (χ4v) is 2.50. The number of nitro benzene ring substituents is 1. The minimum absolute atomic E-state index is 0.0109. The minimum Gasteiger partial charge on any atom is -0.481 e. The third-order valence-electron chi connectivity index (χ3n) is 2.27. The first kappa shape index (κ1) is 16.3. The summed E-state index contributed by atoms with van der Waals surface area (Å²) in [5, 5.41) is 18.9. The molecule has 1 rings (SSSR count). The van der Waals surface area contributed by atoms with Gasteiger partial charge in [0.2, 0.25) is 0 Å². The van der Waals surface area contributed by atoms with Crippen LogP contribution in [0, 0.1) is 10.1 Å². The quantitative estimate of drug-likeness (QED) is 0.511. The number of carbonyl (C=O) groups is 1. The molecule has 0 spiro atoms. The number of carboxylic acids is 1. The number of alkyl halides is 3. The Kier molecular flexibility index (Phi) is 4.98. The lowest BCUT2D eigenvalue weighted by Gasteiger charge is -2.11. The van der Waals surface area contributed by atoms with Crippen LogP contribution in [0.25, 0.3) is 0 Å². The second-order valence-corrected chi connectivity index (χ2v) is 5.44. The van der Waals surface area contributed by atoms with Crippen molar-refractivity contribution in [1.82, 2.24) is 0 Å². The van der Waals surface area contributed by atoms with Crippen LogP contribution in [0.2, 0.25) is 0 Å². The molecule has 0 aliphatic carbocycles. The number of hydrogen-bond acceptors (Lipinski definition) is 4. The molecule has 1 unspecified atom stereocenters. The molecule has 1 aromatic rings. The van der Waals surface area contributed by atoms with Crippen LogP contribution >= 0.6 is 11.8 Å². The number of benzene rings is 1. The van der Waals surface area contributed by atoms with Crippen LogP contribution in [0.15, 0.2) is 23.1 Å². The van der Waals surface area contributed by atoms with Gasteiger partial charge in [-0.1, -0.05) is 6.92 Å². The normalized spacial score (nSPS) is 13.0. The van der Waals surface area contributed by atoms with Gasteiger partial charge in [-0.15, -0.1) is 11.8 Å². The van der Waals surface area contributed by atoms with Gasteiger partial charge in [0.15, 0.2) is 0 Å². The zero-order valence-corrected chi connectivity index (χ0v) is 11.0. The van der Waals surface area contributed by atoms with E-state index >= 15 is 0 Å². The van der Waals surface area contributed by atoms with Crippen LogP contribution in [0.4, 0.5) is 18.9 Å². The molecule has 0 aliphatic rings. The monoisotopic (exact) mass is 309 g/mol. The van der Waals surface area contributed by atoms with Crippen LogP contribution < -0.4 is 0 Å². The van der Waals surface area contributed by atoms with E-state index in [2.05, 4.69) is 0 Å². The number of rotatable bonds is 5. The summed E-state index contributed by atoms with van der Waals surface area (Å²) in [7, 11) is 0. The zero-order chi connectivity index (χ0) is 15.5. The Bertz CT molecular complexity index is 533. The van der Waals surface area contributed by atoms with E-state index < -0.39 is 33.6 Å². The van der Waals surface area contributed by atoms with Crippen molar-refractivity contribution in [3.05, 3.63) is 33.9 Å². The first-order valence-corrected chi connectivity index (χ1v) is 6.23. The lowest BCUT2D eigenvalue weighted by atomic mass is 10.2. The maximum absolute atomic E-state index is 12.5. The molecule has 0 saturated heterocycles. The fraction of sp³-hybridized carbons (Fsp3) is 0.364. The molecule has 9 heteroatoms. The van der Waals surface area contributed by atoms with Crippen molar-refractivity contribution in [2.75, 3.05) is 0 Å². The van der Waals surface area contributed by atoms with Crippen LogP contribution in [-0.4, -0.2) is 21.2 Å². The number of aliphatic carboxylic acids is 1. The summed E-state index contributed by atoms with van der Waals surface area (Å²) < 4.78 is 37.5. The summed E-state index contributed by atoms with van der Waals surface area (Å²) in [6, 6.07) is 2.18. The highest BCUT2D eigenvalue weighted by Crippen LogP contribution is 2.38. The third kappa shape index (κ3) is 4.41. The fourth-order valence-electron chi connectivity index (χ4n) is 1.44. The molecule has 1 N–H and O–H groups in total. The third-order valence-corrected chi connectivity index (χ3v) is 3.44. The van der Waals surface area contributed by atoms with Crippen molar-refractivity contribution < 1.29 is 28.0 Å². The first-order valence-electron chi connectivity index (χ1n) is 5.35. The summed E-state index contributed by atoms with van der Waals surface area (Å²) in [4.78, 5) is 20.4. The topological polar surface area (TPSA) is 80.4 Å². The number of thioether (sulfide) groups is 1. The van der Waals surface area contributed by atoms with Gasteiger partial charge >= 0.3 is 12.1 Å². The van der Waals surface area contributed by atoms with E-state index in [0.29, 0.717) is 6.07 Å². The highest BCUT2D eigenvalue weighted by atomic mass is 32.2. The molecular formula is C11H10F3NO4S. The van der Waals surface area contributed by atoms with Gasteiger partial charge in [0.25, 0.3) is 5.69 Å². The van der Waals surface area contributed by atoms with E-state index in [1.54, 1.807) is 0 Å². The Balaban J connectivity index is 3.08. The lowest BCUT2D eigenvalue weighted by Crippen LogP contribution is -2.08. The van der Waals surface area contributed by atoms with Crippen molar-refractivity contribution in [3.8, 4) is 0 Å². The van der Waals surface area contributed by atoms with Crippen LogP contribution in [-0.2, 0) is 11.0 Å². The Morgan fingerprint density at radius 3 is 2.55 bits per heavy atom. The molecular weight excluding hydrogens is 299 g/mol. The summed E-state index contributed by atoms with van der Waals surface area (Å²) >= 11 is 0.856. The van der Waals surface area contributed by atoms with Gasteiger partial charge in [-0.25, -0.2) is 0 Å². The predicted octanol–water partition coefficient (Wildman–Crippen LogP) is 3.57. The molecule has 1 aromatic carbocycles. The van der Waals surface area contributed by atoms with Gasteiger partial charge < -0.3 is 5.11 Å². The molecule has 0 fully saturated rings. The van der Waals surface area contributed by atoms with E-state index in [0.717, 1.165) is 23.9 Å². The highest BCUT2D eigenvalue weighted by Gasteiger charge is 2.33. The molecule has 20 heavy (non-hydrogen) atoms. The molecule has 0 bridgehead atoms. The first-order chi connectivity index (χ1) is 9.11. The van der Waals surface area contributed by atoms with E-state index in [-0.39, 0.29) is 11.3 Å². The SMILES string of the molecule is CC(CC(=O)O)Sc1ccc(C(F)(F)F)cc1[N+](=O)[O-]. The molecule has 0 amide bonds. The maximum atomic E-state index is 12.5. The van der Waals surface area contributed by atoms with E-state index in [4.69, 9.17) is 5.11 Å². The average molecular weight is 309 g/mol. The Labute approximate surface area is 115 Å². The molecule has 5 nitrogen and oxygen atoms in total. The largest absolute Gasteiger partial charge is 0.481 e. The molecule has 0 aromatic heterocycles. The van der Waals surface area contributed by atoms with Crippen molar-refractivity contribution in [1.29, 1.82) is 0 Å². The molecule has 0 aliphatic heterocycles. The number of carboxylic acid groups (broad SMARTS) is 1. The second kappa shape index (κ2) is 6.12. The lowest BCUT2D eigenvalue weighted by molar-refractivity contribution is -0.388. The van der Waals surface area contributed by atoms with Gasteiger partial charge in [0.1, 0.15) is 0 Å². The van der Waals surface area contributed by atoms with Gasteiger partial charge in [0.05, 0.1) is 21.8 Å². The highest BCUT2D eigenvalue weighted by molar-refractivity contribution is 8.00. The zero-order valence-electron chi connectivity index (χ0n) is 10.2. The van der Waals surface area contributed by atoms with E-state index in [1.807, 2.05) is 0 Å². The maximum Gasteiger partial charge on any atom is 0.416 e. The second-order valence-electron chi connectivity index (χ2n) is 3.96. The van der Waals surface area contributed by atoms with Crippen molar-refractivity contribution >= 4 is 23.4 Å². The van der Waals surface area contributed by atoms with Crippen LogP contribution in [0.5, 0.6) is 0 Å². The van der Waals surface area contributed by atoms with Crippen LogP contribution in [0.1, 0.15) is 18.9 Å². The van der Waals surface area contributed by atoms with Gasteiger partial charge in [-0.2, -0.15) is 13.2 Å². The van der Waals surface area contributed by atoms with Gasteiger partial charge in [-0.3, -0.25) is 14.9 Å². The van der Waals surface area contributed by atoms with Gasteiger partial charge in [-0.05, 0) is 12.1 Å².